The summed E-state index contributed by atoms with van der Waals surface area (Å²) in [6.07, 6.45) is 1.99. The molecule has 29 heavy (non-hydrogen) atoms. The summed E-state index contributed by atoms with van der Waals surface area (Å²) < 4.78 is 0. The number of hydrogen-bond donors (Lipinski definition) is 5. The fraction of sp³-hybridized carbons (Fsp3) is 0.273. The molecule has 1 heterocycles. The molecule has 0 saturated carbocycles. The van der Waals surface area contributed by atoms with E-state index in [1.165, 1.54) is 5.56 Å². The molecule has 2 aromatic carbocycles. The third-order valence-corrected chi connectivity index (χ3v) is 5.25. The van der Waals surface area contributed by atoms with E-state index in [0.717, 1.165) is 22.0 Å². The van der Waals surface area contributed by atoms with Crippen molar-refractivity contribution in [1.29, 1.82) is 0 Å². The molecule has 0 unspecified atom stereocenters. The molecule has 152 valence electrons. The van der Waals surface area contributed by atoms with Crippen LogP contribution in [0, 0.1) is 6.92 Å². The number of H-pyrrole nitrogens is 1. The van der Waals surface area contributed by atoms with Crippen molar-refractivity contribution in [1.82, 2.24) is 15.6 Å². The van der Waals surface area contributed by atoms with Crippen molar-refractivity contribution in [3.8, 4) is 0 Å². The topological polar surface area (TPSA) is 94.2 Å². The molecule has 4 N–H and O–H groups in total. The van der Waals surface area contributed by atoms with Crippen LogP contribution in [0.2, 0.25) is 0 Å². The van der Waals surface area contributed by atoms with Crippen LogP contribution in [0.4, 0.5) is 0 Å². The highest BCUT2D eigenvalue weighted by atomic mass is 32.1. The number of benzene rings is 2. The first-order valence-corrected chi connectivity index (χ1v) is 10.1. The Hall–Kier alpha value is -2.77. The van der Waals surface area contributed by atoms with Crippen LogP contribution in [0.15, 0.2) is 54.7 Å². The monoisotopic (exact) mass is 411 g/mol. The molecule has 0 aliphatic rings. The maximum Gasteiger partial charge on any atom is 0.326 e. The molecule has 0 aliphatic heterocycles. The van der Waals surface area contributed by atoms with Crippen molar-refractivity contribution in [2.45, 2.75) is 32.0 Å². The van der Waals surface area contributed by atoms with Crippen LogP contribution < -0.4 is 10.6 Å². The third-order valence-electron chi connectivity index (χ3n) is 4.89. The van der Waals surface area contributed by atoms with Crippen LogP contribution in [0.25, 0.3) is 10.9 Å². The number of para-hydroxylation sites is 1. The largest absolute Gasteiger partial charge is 0.480 e. The summed E-state index contributed by atoms with van der Waals surface area (Å²) in [5.41, 5.74) is 4.00. The third kappa shape index (κ3) is 5.40. The first-order chi connectivity index (χ1) is 14.0. The highest BCUT2D eigenvalue weighted by Crippen LogP contribution is 2.19. The van der Waals surface area contributed by atoms with Gasteiger partial charge >= 0.3 is 5.97 Å². The van der Waals surface area contributed by atoms with E-state index in [1.807, 2.05) is 55.5 Å². The lowest BCUT2D eigenvalue weighted by molar-refractivity contribution is -0.142. The second kappa shape index (κ2) is 9.62. The normalized spacial score (nSPS) is 13.2. The molecule has 3 aromatic rings. The number of carboxylic acid groups (broad SMARTS) is 1. The second-order valence-electron chi connectivity index (χ2n) is 7.06. The molecule has 2 atom stereocenters. The molecule has 0 bridgehead atoms. The lowest BCUT2D eigenvalue weighted by Gasteiger charge is -2.20. The number of carbonyl (C=O) groups is 2. The summed E-state index contributed by atoms with van der Waals surface area (Å²) in [5.74, 6) is -1.18. The summed E-state index contributed by atoms with van der Waals surface area (Å²) in [7, 11) is 0. The van der Waals surface area contributed by atoms with E-state index in [1.54, 1.807) is 6.20 Å². The standard InChI is InChI=1S/C22H25N3O3S/c1-14-6-8-15(9-7-14)11-23-20(13-29)21(26)25-19(22(27)28)10-16-12-24-18-5-3-2-4-17(16)18/h2-9,12,19-20,23-24,29H,10-11,13H2,1H3,(H,25,26)(H,27,28)/t19-,20-/m0/s1. The fourth-order valence-corrected chi connectivity index (χ4v) is 3.47. The van der Waals surface area contributed by atoms with Crippen LogP contribution in [-0.2, 0) is 22.6 Å². The summed E-state index contributed by atoms with van der Waals surface area (Å²) in [4.78, 5) is 27.5. The van der Waals surface area contributed by atoms with E-state index in [-0.39, 0.29) is 18.1 Å². The predicted octanol–water partition coefficient (Wildman–Crippen LogP) is 2.68. The molecule has 6 nitrogen and oxygen atoms in total. The van der Waals surface area contributed by atoms with Crippen LogP contribution in [-0.4, -0.2) is 39.8 Å². The minimum Gasteiger partial charge on any atom is -0.480 e. The fourth-order valence-electron chi connectivity index (χ4n) is 3.18. The molecule has 1 aromatic heterocycles. The van der Waals surface area contributed by atoms with Crippen molar-refractivity contribution >= 4 is 35.4 Å². The van der Waals surface area contributed by atoms with Crippen LogP contribution in [0.3, 0.4) is 0 Å². The second-order valence-corrected chi connectivity index (χ2v) is 7.43. The Balaban J connectivity index is 1.64. The van der Waals surface area contributed by atoms with E-state index >= 15 is 0 Å². The Morgan fingerprint density at radius 2 is 1.83 bits per heavy atom. The van der Waals surface area contributed by atoms with Crippen molar-refractivity contribution in [2.75, 3.05) is 5.75 Å². The lowest BCUT2D eigenvalue weighted by Crippen LogP contribution is -2.51. The summed E-state index contributed by atoms with van der Waals surface area (Å²) in [5, 5.41) is 16.4. The molecule has 3 rings (SSSR count). The number of thiol groups is 1. The van der Waals surface area contributed by atoms with Gasteiger partial charge in [0.25, 0.3) is 0 Å². The number of fused-ring (bicyclic) bond motifs is 1. The van der Waals surface area contributed by atoms with Crippen molar-refractivity contribution < 1.29 is 14.7 Å². The van der Waals surface area contributed by atoms with E-state index in [9.17, 15) is 14.7 Å². The summed E-state index contributed by atoms with van der Waals surface area (Å²) >= 11 is 4.25. The summed E-state index contributed by atoms with van der Waals surface area (Å²) in [6, 6.07) is 14.1. The van der Waals surface area contributed by atoms with Crippen molar-refractivity contribution in [3.05, 3.63) is 71.4 Å². The maximum absolute atomic E-state index is 12.7. The minimum absolute atomic E-state index is 0.197. The number of aromatic nitrogens is 1. The Labute approximate surface area is 175 Å². The van der Waals surface area contributed by atoms with Gasteiger partial charge in [0.05, 0.1) is 6.04 Å². The first kappa shape index (κ1) is 21.0. The zero-order valence-corrected chi connectivity index (χ0v) is 17.1. The zero-order chi connectivity index (χ0) is 20.8. The number of aryl methyl sites for hydroxylation is 1. The van der Waals surface area contributed by atoms with Gasteiger partial charge in [0.2, 0.25) is 5.91 Å². The number of aromatic amines is 1. The van der Waals surface area contributed by atoms with E-state index in [4.69, 9.17) is 0 Å². The Morgan fingerprint density at radius 3 is 2.52 bits per heavy atom. The number of carboxylic acids is 1. The zero-order valence-electron chi connectivity index (χ0n) is 16.2. The van der Waals surface area contributed by atoms with Gasteiger partial charge in [-0.15, -0.1) is 0 Å². The molecule has 7 heteroatoms. The quantitative estimate of drug-likeness (QED) is 0.350. The highest BCUT2D eigenvalue weighted by molar-refractivity contribution is 7.80. The van der Waals surface area contributed by atoms with Gasteiger partial charge in [0.15, 0.2) is 0 Å². The number of amides is 1. The van der Waals surface area contributed by atoms with Gasteiger partial charge in [-0.3, -0.25) is 4.79 Å². The van der Waals surface area contributed by atoms with E-state index < -0.39 is 18.1 Å². The molecule has 0 spiro atoms. The minimum atomic E-state index is -1.07. The number of carbonyl (C=O) groups excluding carboxylic acids is 1. The predicted molar refractivity (Wildman–Crippen MR) is 117 cm³/mol. The van der Waals surface area contributed by atoms with Crippen LogP contribution in [0.5, 0.6) is 0 Å². The van der Waals surface area contributed by atoms with Gasteiger partial charge in [-0.05, 0) is 24.1 Å². The maximum atomic E-state index is 12.7. The average molecular weight is 412 g/mol. The van der Waals surface area contributed by atoms with Crippen LogP contribution >= 0.6 is 12.6 Å². The van der Waals surface area contributed by atoms with Gasteiger partial charge in [0, 0.05) is 35.8 Å². The number of nitrogens with one attached hydrogen (secondary N) is 3. The average Bonchev–Trinajstić information content (AvgIpc) is 3.12. The van der Waals surface area contributed by atoms with Gasteiger partial charge in [0.1, 0.15) is 6.04 Å². The first-order valence-electron chi connectivity index (χ1n) is 9.46. The molecule has 0 aliphatic carbocycles. The van der Waals surface area contributed by atoms with Gasteiger partial charge < -0.3 is 20.7 Å². The van der Waals surface area contributed by atoms with E-state index in [0.29, 0.717) is 6.54 Å². The van der Waals surface area contributed by atoms with Gasteiger partial charge in [-0.25, -0.2) is 4.79 Å². The molecule has 1 amide bonds. The number of rotatable bonds is 9. The van der Waals surface area contributed by atoms with Crippen LogP contribution in [0.1, 0.15) is 16.7 Å². The highest BCUT2D eigenvalue weighted by Gasteiger charge is 2.25. The van der Waals surface area contributed by atoms with Crippen molar-refractivity contribution in [3.63, 3.8) is 0 Å². The molecule has 0 fully saturated rings. The number of hydrogen-bond acceptors (Lipinski definition) is 4. The SMILES string of the molecule is Cc1ccc(CN[C@@H](CS)C(=O)N[C@@H](Cc2c[nH]c3ccccc23)C(=O)O)cc1. The number of aliphatic carboxylic acids is 1. The van der Waals surface area contributed by atoms with Crippen molar-refractivity contribution in [2.24, 2.45) is 0 Å². The molecular formula is C22H25N3O3S. The Morgan fingerprint density at radius 1 is 1.10 bits per heavy atom. The molecular weight excluding hydrogens is 386 g/mol. The Kier molecular flexibility index (Phi) is 6.95. The lowest BCUT2D eigenvalue weighted by atomic mass is 10.0. The summed E-state index contributed by atoms with van der Waals surface area (Å²) in [6.45, 7) is 2.51. The molecule has 0 radical (unpaired) electrons. The van der Waals surface area contributed by atoms with E-state index in [2.05, 4.69) is 28.2 Å². The van der Waals surface area contributed by atoms with Gasteiger partial charge in [-0.1, -0.05) is 48.0 Å². The Bertz CT molecular complexity index is 984. The smallest absolute Gasteiger partial charge is 0.326 e. The van der Waals surface area contributed by atoms with Gasteiger partial charge in [-0.2, -0.15) is 12.6 Å². The molecule has 0 saturated heterocycles.